The highest BCUT2D eigenvalue weighted by atomic mass is 16.5. The second-order valence-electron chi connectivity index (χ2n) is 5.75. The maximum absolute atomic E-state index is 5.41. The lowest BCUT2D eigenvalue weighted by atomic mass is 10.0. The summed E-state index contributed by atoms with van der Waals surface area (Å²) in [6.45, 7) is 5.92. The highest BCUT2D eigenvalue weighted by molar-refractivity contribution is 5.53. The van der Waals surface area contributed by atoms with Crippen LogP contribution in [0.15, 0.2) is 30.7 Å². The van der Waals surface area contributed by atoms with Crippen molar-refractivity contribution in [3.63, 3.8) is 0 Å². The van der Waals surface area contributed by atoms with Crippen molar-refractivity contribution in [1.29, 1.82) is 0 Å². The van der Waals surface area contributed by atoms with Crippen molar-refractivity contribution in [2.75, 3.05) is 13.2 Å². The molecule has 0 aliphatic carbocycles. The zero-order chi connectivity index (χ0) is 15.4. The van der Waals surface area contributed by atoms with E-state index in [-0.39, 0.29) is 6.04 Å². The molecule has 0 saturated carbocycles. The molecular weight excluding hydrogens is 276 g/mol. The van der Waals surface area contributed by atoms with E-state index >= 15 is 0 Å². The van der Waals surface area contributed by atoms with E-state index in [1.54, 1.807) is 12.4 Å². The number of hydrogen-bond acceptors (Lipinski definition) is 5. The quantitative estimate of drug-likeness (QED) is 0.940. The first-order valence-corrected chi connectivity index (χ1v) is 7.82. The Morgan fingerprint density at radius 1 is 1.23 bits per heavy atom. The van der Waals surface area contributed by atoms with E-state index in [9.17, 15) is 0 Å². The Kier molecular flexibility index (Phi) is 4.75. The molecule has 5 heteroatoms. The summed E-state index contributed by atoms with van der Waals surface area (Å²) in [4.78, 5) is 13.2. The first kappa shape index (κ1) is 15.1. The normalized spacial score (nSPS) is 17.4. The summed E-state index contributed by atoms with van der Waals surface area (Å²) in [6, 6.07) is 4.62. The molecule has 22 heavy (non-hydrogen) atoms. The van der Waals surface area contributed by atoms with Crippen LogP contribution in [0.4, 0.5) is 0 Å². The van der Waals surface area contributed by atoms with Gasteiger partial charge in [-0.2, -0.15) is 0 Å². The summed E-state index contributed by atoms with van der Waals surface area (Å²) >= 11 is 0. The number of nitrogens with zero attached hydrogens (tertiary/aromatic N) is 3. The van der Waals surface area contributed by atoms with Crippen molar-refractivity contribution in [1.82, 2.24) is 20.3 Å². The molecule has 0 radical (unpaired) electrons. The van der Waals surface area contributed by atoms with Gasteiger partial charge in [0.1, 0.15) is 0 Å². The lowest BCUT2D eigenvalue weighted by molar-refractivity contribution is 0.0754. The fourth-order valence-corrected chi connectivity index (χ4v) is 2.85. The van der Waals surface area contributed by atoms with E-state index in [1.165, 1.54) is 0 Å². The summed E-state index contributed by atoms with van der Waals surface area (Å²) in [7, 11) is 0. The van der Waals surface area contributed by atoms with Crippen molar-refractivity contribution in [2.45, 2.75) is 38.8 Å². The minimum absolute atomic E-state index is 0.245. The maximum atomic E-state index is 5.41. The van der Waals surface area contributed by atoms with Crippen LogP contribution in [0.1, 0.15) is 37.1 Å². The van der Waals surface area contributed by atoms with Crippen molar-refractivity contribution < 1.29 is 4.74 Å². The van der Waals surface area contributed by atoms with Gasteiger partial charge in [-0.15, -0.1) is 0 Å². The monoisotopic (exact) mass is 298 g/mol. The van der Waals surface area contributed by atoms with E-state index in [0.29, 0.717) is 6.04 Å². The second kappa shape index (κ2) is 6.94. The minimum Gasteiger partial charge on any atom is -0.381 e. The van der Waals surface area contributed by atoms with Gasteiger partial charge in [0.2, 0.25) is 0 Å². The fraction of sp³-hybridized carbons (Fsp3) is 0.471. The summed E-state index contributed by atoms with van der Waals surface area (Å²) in [5.74, 6) is 0.752. The highest BCUT2D eigenvalue weighted by Gasteiger charge is 2.18. The number of aryl methyl sites for hydroxylation is 1. The molecule has 0 spiro atoms. The van der Waals surface area contributed by atoms with Crippen molar-refractivity contribution in [3.8, 4) is 11.4 Å². The van der Waals surface area contributed by atoms with Gasteiger partial charge in [-0.25, -0.2) is 9.97 Å². The predicted octanol–water partition coefficient (Wildman–Crippen LogP) is 2.68. The van der Waals surface area contributed by atoms with Crippen LogP contribution in [0.3, 0.4) is 0 Å². The van der Waals surface area contributed by atoms with E-state index in [1.807, 2.05) is 25.3 Å². The Labute approximate surface area is 131 Å². The summed E-state index contributed by atoms with van der Waals surface area (Å²) in [5, 5.41) is 3.67. The van der Waals surface area contributed by atoms with Gasteiger partial charge in [-0.3, -0.25) is 4.98 Å². The van der Waals surface area contributed by atoms with Gasteiger partial charge in [-0.05, 0) is 38.8 Å². The molecule has 0 aromatic carbocycles. The Balaban J connectivity index is 1.74. The summed E-state index contributed by atoms with van der Waals surface area (Å²) in [6.07, 6.45) is 7.60. The van der Waals surface area contributed by atoms with Gasteiger partial charge in [0.25, 0.3) is 0 Å². The maximum Gasteiger partial charge on any atom is 0.159 e. The third-order valence-corrected chi connectivity index (χ3v) is 4.13. The molecule has 0 amide bonds. The predicted molar refractivity (Wildman–Crippen MR) is 85.4 cm³/mol. The average Bonchev–Trinajstić information content (AvgIpc) is 2.56. The molecule has 0 unspecified atom stereocenters. The van der Waals surface area contributed by atoms with Gasteiger partial charge < -0.3 is 10.1 Å². The number of ether oxygens (including phenoxy) is 1. The molecule has 3 rings (SSSR count). The fourth-order valence-electron chi connectivity index (χ4n) is 2.85. The van der Waals surface area contributed by atoms with Gasteiger partial charge in [0.05, 0.1) is 0 Å². The molecular formula is C17H22N4O. The first-order valence-electron chi connectivity index (χ1n) is 7.82. The van der Waals surface area contributed by atoms with Crippen LogP contribution in [0.5, 0.6) is 0 Å². The molecule has 1 aliphatic heterocycles. The molecule has 2 aromatic rings. The molecule has 1 saturated heterocycles. The Morgan fingerprint density at radius 2 is 1.95 bits per heavy atom. The number of nitrogens with one attached hydrogen (secondary N) is 1. The molecule has 1 atom stereocenters. The van der Waals surface area contributed by atoms with Crippen LogP contribution in [-0.2, 0) is 4.74 Å². The summed E-state index contributed by atoms with van der Waals surface area (Å²) < 4.78 is 5.41. The minimum atomic E-state index is 0.245. The third kappa shape index (κ3) is 3.48. The molecule has 2 aromatic heterocycles. The van der Waals surface area contributed by atoms with Crippen LogP contribution >= 0.6 is 0 Å². The zero-order valence-corrected chi connectivity index (χ0v) is 13.1. The van der Waals surface area contributed by atoms with Crippen molar-refractivity contribution in [3.05, 3.63) is 42.0 Å². The molecule has 3 heterocycles. The topological polar surface area (TPSA) is 59.9 Å². The van der Waals surface area contributed by atoms with E-state index in [2.05, 4.69) is 27.2 Å². The Bertz CT molecular complexity index is 611. The molecule has 0 bridgehead atoms. The number of rotatable bonds is 4. The van der Waals surface area contributed by atoms with Crippen molar-refractivity contribution in [2.24, 2.45) is 0 Å². The van der Waals surface area contributed by atoms with Crippen LogP contribution in [-0.4, -0.2) is 34.2 Å². The Hall–Kier alpha value is -1.85. The van der Waals surface area contributed by atoms with Crippen LogP contribution < -0.4 is 5.32 Å². The molecule has 5 nitrogen and oxygen atoms in total. The molecule has 1 fully saturated rings. The molecule has 1 aliphatic rings. The average molecular weight is 298 g/mol. The largest absolute Gasteiger partial charge is 0.381 e. The smallest absolute Gasteiger partial charge is 0.159 e. The lowest BCUT2D eigenvalue weighted by Gasteiger charge is -2.27. The van der Waals surface area contributed by atoms with Gasteiger partial charge in [0.15, 0.2) is 5.82 Å². The second-order valence-corrected chi connectivity index (χ2v) is 5.75. The molecule has 1 N–H and O–H groups in total. The van der Waals surface area contributed by atoms with E-state index in [0.717, 1.165) is 48.7 Å². The zero-order valence-electron chi connectivity index (χ0n) is 13.1. The van der Waals surface area contributed by atoms with Crippen molar-refractivity contribution >= 4 is 0 Å². The van der Waals surface area contributed by atoms with Gasteiger partial charge >= 0.3 is 0 Å². The lowest BCUT2D eigenvalue weighted by Crippen LogP contribution is -2.36. The first-order chi connectivity index (χ1) is 10.7. The third-order valence-electron chi connectivity index (χ3n) is 4.13. The van der Waals surface area contributed by atoms with E-state index in [4.69, 9.17) is 4.74 Å². The SMILES string of the molecule is Cc1nc(-c2ccncc2)ncc1[C@H](C)NC1CCOCC1. The van der Waals surface area contributed by atoms with Gasteiger partial charge in [0, 0.05) is 60.7 Å². The number of aromatic nitrogens is 3. The standard InChI is InChI=1S/C17H22N4O/c1-12(20-15-5-9-22-10-6-15)16-11-19-17(21-13(16)2)14-3-7-18-8-4-14/h3-4,7-8,11-12,15,20H,5-6,9-10H2,1-2H3/t12-/m0/s1. The van der Waals surface area contributed by atoms with Crippen LogP contribution in [0, 0.1) is 6.92 Å². The van der Waals surface area contributed by atoms with Crippen LogP contribution in [0.2, 0.25) is 0 Å². The Morgan fingerprint density at radius 3 is 2.64 bits per heavy atom. The van der Waals surface area contributed by atoms with Gasteiger partial charge in [-0.1, -0.05) is 0 Å². The molecule has 116 valence electrons. The summed E-state index contributed by atoms with van der Waals surface area (Å²) in [5.41, 5.74) is 3.17. The van der Waals surface area contributed by atoms with Crippen LogP contribution in [0.25, 0.3) is 11.4 Å². The number of pyridine rings is 1. The highest BCUT2D eigenvalue weighted by Crippen LogP contribution is 2.21. The number of hydrogen-bond donors (Lipinski definition) is 1. The van der Waals surface area contributed by atoms with E-state index < -0.39 is 0 Å².